The minimum Gasteiger partial charge on any atom is -0.383 e. The number of likely N-dealkylation sites (tertiary alicyclic amines) is 2. The largest absolute Gasteiger partial charge is 0.383 e. The predicted octanol–water partition coefficient (Wildman–Crippen LogP) is 0.898. The van der Waals surface area contributed by atoms with Crippen LogP contribution in [0.4, 0.5) is 0 Å². The normalized spacial score (nSPS) is 23.2. The summed E-state index contributed by atoms with van der Waals surface area (Å²) >= 11 is 0. The number of carbonyl (C=O) groups excluding carboxylic acids is 1. The van der Waals surface area contributed by atoms with Crippen molar-refractivity contribution >= 4 is 11.9 Å². The zero-order valence-corrected chi connectivity index (χ0v) is 16.6. The highest BCUT2D eigenvalue weighted by atomic mass is 16.5. The van der Waals surface area contributed by atoms with Crippen LogP contribution in [0.2, 0.25) is 0 Å². The van der Waals surface area contributed by atoms with Gasteiger partial charge in [0.1, 0.15) is 0 Å². The number of nitrogens with zero attached hydrogens (tertiary/aromatic N) is 3. The number of hydrogen-bond acceptors (Lipinski definition) is 4. The van der Waals surface area contributed by atoms with Gasteiger partial charge in [-0.2, -0.15) is 0 Å². The van der Waals surface area contributed by atoms with E-state index in [9.17, 15) is 4.79 Å². The van der Waals surface area contributed by atoms with Gasteiger partial charge in [0.25, 0.3) is 0 Å². The molecule has 7 heteroatoms. The SMILES string of the molecule is CCNC(=NCC1CCN(CCOC)CC1)N1CCCC(CC(N)=O)C1. The first kappa shape index (κ1) is 21.0. The third kappa shape index (κ3) is 7.11. The maximum absolute atomic E-state index is 11.2. The van der Waals surface area contributed by atoms with Crippen LogP contribution in [0.5, 0.6) is 0 Å². The monoisotopic (exact) mass is 367 g/mol. The fourth-order valence-electron chi connectivity index (χ4n) is 3.96. The Morgan fingerprint density at radius 1 is 1.23 bits per heavy atom. The molecule has 7 nitrogen and oxygen atoms in total. The predicted molar refractivity (Wildman–Crippen MR) is 105 cm³/mol. The Hall–Kier alpha value is -1.34. The number of nitrogens with one attached hydrogen (secondary N) is 1. The summed E-state index contributed by atoms with van der Waals surface area (Å²) in [6.07, 6.45) is 5.07. The van der Waals surface area contributed by atoms with Crippen LogP contribution in [-0.4, -0.2) is 81.2 Å². The van der Waals surface area contributed by atoms with E-state index in [1.165, 1.54) is 12.8 Å². The number of carbonyl (C=O) groups is 1. The molecular formula is C19H37N5O2. The molecule has 3 N–H and O–H groups in total. The van der Waals surface area contributed by atoms with Crippen molar-refractivity contribution in [2.75, 3.05) is 59.5 Å². The lowest BCUT2D eigenvalue weighted by Gasteiger charge is -2.35. The lowest BCUT2D eigenvalue weighted by atomic mass is 9.94. The first-order valence-electron chi connectivity index (χ1n) is 10.1. The number of primary amides is 1. The van der Waals surface area contributed by atoms with Crippen LogP contribution < -0.4 is 11.1 Å². The van der Waals surface area contributed by atoms with E-state index in [1.807, 2.05) is 0 Å². The summed E-state index contributed by atoms with van der Waals surface area (Å²) in [4.78, 5) is 21.0. The van der Waals surface area contributed by atoms with Crippen LogP contribution in [0.25, 0.3) is 0 Å². The molecule has 0 aromatic rings. The van der Waals surface area contributed by atoms with Gasteiger partial charge < -0.3 is 25.6 Å². The van der Waals surface area contributed by atoms with E-state index in [-0.39, 0.29) is 5.91 Å². The standard InChI is InChI=1S/C19H37N5O2/c1-3-21-19(24-8-4-5-17(15-24)13-18(20)25)22-14-16-6-9-23(10-7-16)11-12-26-2/h16-17H,3-15H2,1-2H3,(H2,20,25)(H,21,22). The van der Waals surface area contributed by atoms with E-state index in [4.69, 9.17) is 15.5 Å². The molecule has 0 aromatic carbocycles. The van der Waals surface area contributed by atoms with Crippen LogP contribution in [0.15, 0.2) is 4.99 Å². The lowest BCUT2D eigenvalue weighted by Crippen LogP contribution is -2.47. The molecular weight excluding hydrogens is 330 g/mol. The number of ether oxygens (including phenoxy) is 1. The molecule has 150 valence electrons. The topological polar surface area (TPSA) is 83.2 Å². The molecule has 0 spiro atoms. The number of piperidine rings is 2. The highest BCUT2D eigenvalue weighted by Gasteiger charge is 2.24. The van der Waals surface area contributed by atoms with Gasteiger partial charge >= 0.3 is 0 Å². The molecule has 1 amide bonds. The molecule has 2 rings (SSSR count). The molecule has 0 aliphatic carbocycles. The fourth-order valence-corrected chi connectivity index (χ4v) is 3.96. The van der Waals surface area contributed by atoms with Gasteiger partial charge in [0.2, 0.25) is 5.91 Å². The fraction of sp³-hybridized carbons (Fsp3) is 0.895. The minimum atomic E-state index is -0.195. The summed E-state index contributed by atoms with van der Waals surface area (Å²) in [5.74, 6) is 1.82. The maximum atomic E-state index is 11.2. The van der Waals surface area contributed by atoms with E-state index in [2.05, 4.69) is 22.0 Å². The number of guanidine groups is 1. The van der Waals surface area contributed by atoms with E-state index < -0.39 is 0 Å². The molecule has 0 radical (unpaired) electrons. The van der Waals surface area contributed by atoms with Crippen molar-refractivity contribution < 1.29 is 9.53 Å². The van der Waals surface area contributed by atoms with Crippen molar-refractivity contribution in [3.8, 4) is 0 Å². The Morgan fingerprint density at radius 2 is 2.00 bits per heavy atom. The molecule has 2 fully saturated rings. The molecule has 0 aromatic heterocycles. The first-order chi connectivity index (χ1) is 12.6. The van der Waals surface area contributed by atoms with Crippen molar-refractivity contribution in [2.24, 2.45) is 22.6 Å². The quantitative estimate of drug-likeness (QED) is 0.492. The third-order valence-corrected chi connectivity index (χ3v) is 5.46. The smallest absolute Gasteiger partial charge is 0.217 e. The van der Waals surface area contributed by atoms with Gasteiger partial charge in [-0.15, -0.1) is 0 Å². The highest BCUT2D eigenvalue weighted by Crippen LogP contribution is 2.20. The van der Waals surface area contributed by atoms with Crippen LogP contribution >= 0.6 is 0 Å². The van der Waals surface area contributed by atoms with E-state index >= 15 is 0 Å². The summed E-state index contributed by atoms with van der Waals surface area (Å²) in [5.41, 5.74) is 5.39. The molecule has 2 heterocycles. The van der Waals surface area contributed by atoms with E-state index in [0.29, 0.717) is 18.3 Å². The zero-order valence-electron chi connectivity index (χ0n) is 16.6. The van der Waals surface area contributed by atoms with Gasteiger partial charge in [-0.3, -0.25) is 9.79 Å². The van der Waals surface area contributed by atoms with Crippen LogP contribution in [-0.2, 0) is 9.53 Å². The van der Waals surface area contributed by atoms with Crippen LogP contribution in [0.1, 0.15) is 39.0 Å². The summed E-state index contributed by atoms with van der Waals surface area (Å²) in [7, 11) is 1.76. The second kappa shape index (κ2) is 11.4. The number of hydrogen-bond donors (Lipinski definition) is 2. The molecule has 2 saturated heterocycles. The summed E-state index contributed by atoms with van der Waals surface area (Å²) in [5, 5.41) is 3.44. The molecule has 1 unspecified atom stereocenters. The number of nitrogens with two attached hydrogens (primary N) is 1. The number of methoxy groups -OCH3 is 1. The molecule has 2 aliphatic rings. The average Bonchev–Trinajstić information content (AvgIpc) is 2.64. The lowest BCUT2D eigenvalue weighted by molar-refractivity contribution is -0.119. The van der Waals surface area contributed by atoms with Crippen LogP contribution in [0, 0.1) is 11.8 Å². The average molecular weight is 368 g/mol. The van der Waals surface area contributed by atoms with Gasteiger partial charge in [-0.1, -0.05) is 0 Å². The van der Waals surface area contributed by atoms with Gasteiger partial charge in [0.15, 0.2) is 5.96 Å². The van der Waals surface area contributed by atoms with Gasteiger partial charge in [0.05, 0.1) is 6.61 Å². The van der Waals surface area contributed by atoms with Crippen molar-refractivity contribution in [3.63, 3.8) is 0 Å². The third-order valence-electron chi connectivity index (χ3n) is 5.46. The highest BCUT2D eigenvalue weighted by molar-refractivity contribution is 5.80. The van der Waals surface area contributed by atoms with Gasteiger partial charge in [0, 0.05) is 46.3 Å². The van der Waals surface area contributed by atoms with Crippen molar-refractivity contribution in [2.45, 2.75) is 39.0 Å². The number of aliphatic imine (C=N–C) groups is 1. The second-order valence-corrected chi connectivity index (χ2v) is 7.60. The molecule has 0 bridgehead atoms. The molecule has 1 atom stereocenters. The Morgan fingerprint density at radius 3 is 2.65 bits per heavy atom. The maximum Gasteiger partial charge on any atom is 0.217 e. The molecule has 26 heavy (non-hydrogen) atoms. The van der Waals surface area contributed by atoms with Crippen molar-refractivity contribution in [1.29, 1.82) is 0 Å². The van der Waals surface area contributed by atoms with E-state index in [1.54, 1.807) is 7.11 Å². The summed E-state index contributed by atoms with van der Waals surface area (Å²) in [6.45, 7) is 9.88. The second-order valence-electron chi connectivity index (χ2n) is 7.60. The number of rotatable bonds is 8. The Bertz CT molecular complexity index is 449. The van der Waals surface area contributed by atoms with Gasteiger partial charge in [-0.05, 0) is 57.5 Å². The first-order valence-corrected chi connectivity index (χ1v) is 10.1. The Labute approximate surface area is 158 Å². The summed E-state index contributed by atoms with van der Waals surface area (Å²) in [6, 6.07) is 0. The minimum absolute atomic E-state index is 0.195. The Balaban J connectivity index is 1.83. The van der Waals surface area contributed by atoms with Crippen LogP contribution in [0.3, 0.4) is 0 Å². The Kier molecular flexibility index (Phi) is 9.18. The summed E-state index contributed by atoms with van der Waals surface area (Å²) < 4.78 is 5.17. The number of amides is 1. The van der Waals surface area contributed by atoms with Crippen molar-refractivity contribution in [1.82, 2.24) is 15.1 Å². The molecule has 0 saturated carbocycles. The zero-order chi connectivity index (χ0) is 18.8. The van der Waals surface area contributed by atoms with Gasteiger partial charge in [-0.25, -0.2) is 0 Å². The van der Waals surface area contributed by atoms with E-state index in [0.717, 1.165) is 71.2 Å². The van der Waals surface area contributed by atoms with Crippen molar-refractivity contribution in [3.05, 3.63) is 0 Å². The molecule has 2 aliphatic heterocycles.